The molecule has 0 spiro atoms. The molecule has 0 aromatic carbocycles. The fourth-order valence-electron chi connectivity index (χ4n) is 1.27. The molecule has 0 aliphatic rings. The highest BCUT2D eigenvalue weighted by molar-refractivity contribution is 14.0. The zero-order valence-corrected chi connectivity index (χ0v) is 15.0. The van der Waals surface area contributed by atoms with Crippen molar-refractivity contribution >= 4 is 29.9 Å². The van der Waals surface area contributed by atoms with Gasteiger partial charge in [0.1, 0.15) is 0 Å². The average Bonchev–Trinajstić information content (AvgIpc) is 2.35. The highest BCUT2D eigenvalue weighted by Crippen LogP contribution is 1.98. The van der Waals surface area contributed by atoms with Gasteiger partial charge in [-0.25, -0.2) is 0 Å². The van der Waals surface area contributed by atoms with Crippen LogP contribution in [0.3, 0.4) is 0 Å². The fourth-order valence-corrected chi connectivity index (χ4v) is 1.27. The van der Waals surface area contributed by atoms with Crippen LogP contribution in [0.25, 0.3) is 0 Å². The van der Waals surface area contributed by atoms with Crippen molar-refractivity contribution in [1.29, 1.82) is 0 Å². The molecule has 0 unspecified atom stereocenters. The summed E-state index contributed by atoms with van der Waals surface area (Å²) in [5.41, 5.74) is 0. The van der Waals surface area contributed by atoms with E-state index in [2.05, 4.69) is 29.5 Å². The molecule has 0 fully saturated rings. The number of halogens is 1. The maximum Gasteiger partial charge on any atom is 0.191 e. The molecule has 19 heavy (non-hydrogen) atoms. The van der Waals surface area contributed by atoms with E-state index < -0.39 is 0 Å². The van der Waals surface area contributed by atoms with E-state index in [9.17, 15) is 0 Å². The highest BCUT2D eigenvalue weighted by Gasteiger charge is 1.97. The van der Waals surface area contributed by atoms with Crippen LogP contribution in [0.1, 0.15) is 27.2 Å². The van der Waals surface area contributed by atoms with Crippen LogP contribution in [-0.4, -0.2) is 52.5 Å². The van der Waals surface area contributed by atoms with Crippen molar-refractivity contribution in [3.8, 4) is 0 Å². The Morgan fingerprint density at radius 3 is 2.11 bits per heavy atom. The highest BCUT2D eigenvalue weighted by atomic mass is 127. The standard InChI is InChI=1S/C13H29N3O2.HI/c1-5-17-10-7-15-13(14-4)16-8-11-18-9-6-12(2)3;/h12H,5-11H2,1-4H3,(H2,14,15,16);1H. The summed E-state index contributed by atoms with van der Waals surface area (Å²) < 4.78 is 10.8. The molecule has 2 N–H and O–H groups in total. The van der Waals surface area contributed by atoms with Gasteiger partial charge in [-0.15, -0.1) is 24.0 Å². The van der Waals surface area contributed by atoms with Crippen LogP contribution in [0.15, 0.2) is 4.99 Å². The molecule has 0 aliphatic heterocycles. The quantitative estimate of drug-likeness (QED) is 0.260. The molecule has 0 heterocycles. The zero-order valence-electron chi connectivity index (χ0n) is 12.7. The molecule has 0 aliphatic carbocycles. The van der Waals surface area contributed by atoms with E-state index >= 15 is 0 Å². The number of ether oxygens (including phenoxy) is 2. The first-order valence-electron chi connectivity index (χ1n) is 6.80. The van der Waals surface area contributed by atoms with Gasteiger partial charge in [0.15, 0.2) is 5.96 Å². The van der Waals surface area contributed by atoms with Crippen LogP contribution in [0.2, 0.25) is 0 Å². The van der Waals surface area contributed by atoms with Gasteiger partial charge in [0.25, 0.3) is 0 Å². The summed E-state index contributed by atoms with van der Waals surface area (Å²) in [7, 11) is 1.76. The fraction of sp³-hybridized carbons (Fsp3) is 0.923. The Morgan fingerprint density at radius 1 is 1.05 bits per heavy atom. The summed E-state index contributed by atoms with van der Waals surface area (Å²) in [6.07, 6.45) is 1.11. The Labute approximate surface area is 134 Å². The average molecular weight is 387 g/mol. The zero-order chi connectivity index (χ0) is 13.6. The van der Waals surface area contributed by atoms with Crippen LogP contribution >= 0.6 is 24.0 Å². The number of nitrogens with zero attached hydrogens (tertiary/aromatic N) is 1. The predicted octanol–water partition coefficient (Wildman–Crippen LogP) is 1.87. The number of hydrogen-bond acceptors (Lipinski definition) is 3. The second-order valence-electron chi connectivity index (χ2n) is 4.42. The summed E-state index contributed by atoms with van der Waals surface area (Å²) in [6.45, 7) is 10.9. The number of nitrogens with one attached hydrogen (secondary N) is 2. The molecule has 0 amide bonds. The summed E-state index contributed by atoms with van der Waals surface area (Å²) >= 11 is 0. The van der Waals surface area contributed by atoms with Crippen LogP contribution in [0.5, 0.6) is 0 Å². The minimum absolute atomic E-state index is 0. The predicted molar refractivity (Wildman–Crippen MR) is 91.5 cm³/mol. The largest absolute Gasteiger partial charge is 0.380 e. The lowest BCUT2D eigenvalue weighted by Crippen LogP contribution is -2.40. The first-order chi connectivity index (χ1) is 8.70. The Hall–Kier alpha value is -0.0800. The number of guanidine groups is 1. The topological polar surface area (TPSA) is 54.9 Å². The molecule has 0 saturated carbocycles. The van der Waals surface area contributed by atoms with Gasteiger partial charge in [0.05, 0.1) is 13.2 Å². The Morgan fingerprint density at radius 2 is 1.63 bits per heavy atom. The monoisotopic (exact) mass is 387 g/mol. The molecule has 0 rings (SSSR count). The molecule has 6 heteroatoms. The Balaban J connectivity index is 0. The van der Waals surface area contributed by atoms with Crippen LogP contribution in [0, 0.1) is 5.92 Å². The van der Waals surface area contributed by atoms with Crippen molar-refractivity contribution in [2.24, 2.45) is 10.9 Å². The number of aliphatic imine (C=N–C) groups is 1. The number of rotatable bonds is 10. The summed E-state index contributed by atoms with van der Waals surface area (Å²) in [6, 6.07) is 0. The van der Waals surface area contributed by atoms with Crippen LogP contribution in [-0.2, 0) is 9.47 Å². The summed E-state index contributed by atoms with van der Waals surface area (Å²) in [5.74, 6) is 1.49. The van der Waals surface area contributed by atoms with Crippen molar-refractivity contribution in [1.82, 2.24) is 10.6 Å². The molecule has 0 aromatic rings. The minimum Gasteiger partial charge on any atom is -0.380 e. The SMILES string of the molecule is CCOCCNC(=NC)NCCOCCC(C)C.I. The second kappa shape index (κ2) is 16.0. The van der Waals surface area contributed by atoms with Crippen molar-refractivity contribution in [3.63, 3.8) is 0 Å². The first-order valence-corrected chi connectivity index (χ1v) is 6.80. The van der Waals surface area contributed by atoms with E-state index in [0.29, 0.717) is 19.1 Å². The first kappa shape index (κ1) is 21.2. The summed E-state index contributed by atoms with van der Waals surface area (Å²) in [4.78, 5) is 4.12. The van der Waals surface area contributed by atoms with Gasteiger partial charge in [0.2, 0.25) is 0 Å². The maximum absolute atomic E-state index is 5.51. The summed E-state index contributed by atoms with van der Waals surface area (Å²) in [5, 5.41) is 6.36. The van der Waals surface area contributed by atoms with Crippen molar-refractivity contribution in [2.45, 2.75) is 27.2 Å². The second-order valence-corrected chi connectivity index (χ2v) is 4.42. The molecule has 116 valence electrons. The molecular formula is C13H30IN3O2. The third kappa shape index (κ3) is 15.9. The van der Waals surface area contributed by atoms with Gasteiger partial charge in [-0.05, 0) is 19.3 Å². The van der Waals surface area contributed by atoms with Crippen LogP contribution in [0.4, 0.5) is 0 Å². The lowest BCUT2D eigenvalue weighted by Gasteiger charge is -2.12. The van der Waals surface area contributed by atoms with Gasteiger partial charge in [0, 0.05) is 33.4 Å². The smallest absolute Gasteiger partial charge is 0.191 e. The van der Waals surface area contributed by atoms with E-state index in [1.54, 1.807) is 7.05 Å². The Kier molecular flexibility index (Phi) is 17.8. The molecule has 5 nitrogen and oxygen atoms in total. The van der Waals surface area contributed by atoms with Gasteiger partial charge < -0.3 is 20.1 Å². The number of hydrogen-bond donors (Lipinski definition) is 2. The van der Waals surface area contributed by atoms with E-state index in [0.717, 1.165) is 38.7 Å². The van der Waals surface area contributed by atoms with Crippen molar-refractivity contribution < 1.29 is 9.47 Å². The molecule has 0 saturated heterocycles. The van der Waals surface area contributed by atoms with Crippen molar-refractivity contribution in [3.05, 3.63) is 0 Å². The minimum atomic E-state index is 0. The lowest BCUT2D eigenvalue weighted by molar-refractivity contribution is 0.128. The van der Waals surface area contributed by atoms with Gasteiger partial charge in [-0.3, -0.25) is 4.99 Å². The lowest BCUT2D eigenvalue weighted by atomic mass is 10.1. The van der Waals surface area contributed by atoms with Crippen LogP contribution < -0.4 is 10.6 Å². The maximum atomic E-state index is 5.51. The van der Waals surface area contributed by atoms with Gasteiger partial charge in [-0.2, -0.15) is 0 Å². The van der Waals surface area contributed by atoms with E-state index in [4.69, 9.17) is 9.47 Å². The molecule has 0 aromatic heterocycles. The third-order valence-corrected chi connectivity index (χ3v) is 2.34. The molecule has 0 radical (unpaired) electrons. The van der Waals surface area contributed by atoms with E-state index in [1.807, 2.05) is 6.92 Å². The van der Waals surface area contributed by atoms with Gasteiger partial charge >= 0.3 is 0 Å². The van der Waals surface area contributed by atoms with E-state index in [1.165, 1.54) is 0 Å². The molecule has 0 bridgehead atoms. The molecule has 0 atom stereocenters. The Bertz CT molecular complexity index is 214. The van der Waals surface area contributed by atoms with Gasteiger partial charge in [-0.1, -0.05) is 13.8 Å². The van der Waals surface area contributed by atoms with Crippen molar-refractivity contribution in [2.75, 3.05) is 46.6 Å². The van der Waals surface area contributed by atoms with E-state index in [-0.39, 0.29) is 24.0 Å². The normalized spacial score (nSPS) is 11.3. The molecular weight excluding hydrogens is 357 g/mol. The third-order valence-electron chi connectivity index (χ3n) is 2.34.